The van der Waals surface area contributed by atoms with Crippen molar-refractivity contribution in [3.8, 4) is 11.4 Å². The topological polar surface area (TPSA) is 91.2 Å². The third kappa shape index (κ3) is 2.76. The van der Waals surface area contributed by atoms with Crippen LogP contribution >= 0.6 is 0 Å². The van der Waals surface area contributed by atoms with Crippen molar-refractivity contribution in [3.05, 3.63) is 29.9 Å². The van der Waals surface area contributed by atoms with Crippen molar-refractivity contribution in [3.63, 3.8) is 0 Å². The Bertz CT molecular complexity index is 652. The summed E-state index contributed by atoms with van der Waals surface area (Å²) >= 11 is 0. The van der Waals surface area contributed by atoms with E-state index in [0.717, 1.165) is 0 Å². The smallest absolute Gasteiger partial charge is 0.303 e. The van der Waals surface area contributed by atoms with Gasteiger partial charge in [0, 0.05) is 12.5 Å². The standard InChI is InChI=1S/C13H14FN3O3/c1-7(18)19-13(2,3)12-16-11(17-20-12)8-4-5-9(14)10(15)6-8/h4-6H,15H2,1-3H3. The number of rotatable bonds is 3. The number of nitrogens with two attached hydrogens (primary N) is 1. The Balaban J connectivity index is 2.33. The number of nitrogen functional groups attached to an aromatic ring is 1. The zero-order valence-corrected chi connectivity index (χ0v) is 11.3. The highest BCUT2D eigenvalue weighted by molar-refractivity contribution is 5.66. The van der Waals surface area contributed by atoms with Crippen molar-refractivity contribution in [1.29, 1.82) is 0 Å². The molecular weight excluding hydrogens is 265 g/mol. The molecule has 0 aliphatic heterocycles. The number of aromatic nitrogens is 2. The summed E-state index contributed by atoms with van der Waals surface area (Å²) in [6.07, 6.45) is 0. The molecule has 2 aromatic rings. The number of benzene rings is 1. The summed E-state index contributed by atoms with van der Waals surface area (Å²) in [6.45, 7) is 4.55. The molecule has 0 unspecified atom stereocenters. The monoisotopic (exact) mass is 279 g/mol. The molecule has 0 spiro atoms. The first-order chi connectivity index (χ1) is 9.29. The van der Waals surface area contributed by atoms with Gasteiger partial charge >= 0.3 is 5.97 Å². The van der Waals surface area contributed by atoms with E-state index in [4.69, 9.17) is 15.0 Å². The highest BCUT2D eigenvalue weighted by Crippen LogP contribution is 2.27. The van der Waals surface area contributed by atoms with Gasteiger partial charge in [0.2, 0.25) is 5.82 Å². The van der Waals surface area contributed by atoms with Gasteiger partial charge in [-0.3, -0.25) is 4.79 Å². The van der Waals surface area contributed by atoms with Gasteiger partial charge in [-0.1, -0.05) is 5.16 Å². The van der Waals surface area contributed by atoms with Crippen LogP contribution in [-0.2, 0) is 15.1 Å². The molecular formula is C13H14FN3O3. The minimum Gasteiger partial charge on any atom is -0.450 e. The average molecular weight is 279 g/mol. The zero-order chi connectivity index (χ0) is 14.9. The van der Waals surface area contributed by atoms with E-state index < -0.39 is 17.4 Å². The molecule has 0 aliphatic carbocycles. The first kappa shape index (κ1) is 14.0. The van der Waals surface area contributed by atoms with Crippen molar-refractivity contribution < 1.29 is 18.4 Å². The summed E-state index contributed by atoms with van der Waals surface area (Å²) in [5.41, 5.74) is 4.95. The molecule has 0 amide bonds. The van der Waals surface area contributed by atoms with E-state index in [9.17, 15) is 9.18 Å². The van der Waals surface area contributed by atoms with Crippen molar-refractivity contribution in [2.24, 2.45) is 0 Å². The fraction of sp³-hybridized carbons (Fsp3) is 0.308. The molecule has 2 N–H and O–H groups in total. The summed E-state index contributed by atoms with van der Waals surface area (Å²) in [5, 5.41) is 3.78. The maximum absolute atomic E-state index is 13.1. The number of halogens is 1. The van der Waals surface area contributed by atoms with Crippen LogP contribution in [0, 0.1) is 5.82 Å². The fourth-order valence-electron chi connectivity index (χ4n) is 1.67. The Labute approximate surface area is 114 Å². The van der Waals surface area contributed by atoms with Gasteiger partial charge in [0.05, 0.1) is 5.69 Å². The Kier molecular flexibility index (Phi) is 3.44. The lowest BCUT2D eigenvalue weighted by Crippen LogP contribution is -2.24. The highest BCUT2D eigenvalue weighted by Gasteiger charge is 2.31. The fourth-order valence-corrected chi connectivity index (χ4v) is 1.67. The number of carbonyl (C=O) groups excluding carboxylic acids is 1. The third-order valence-electron chi connectivity index (χ3n) is 2.59. The number of hydrogen-bond donors (Lipinski definition) is 1. The molecule has 0 atom stereocenters. The molecule has 20 heavy (non-hydrogen) atoms. The molecule has 1 aromatic heterocycles. The molecule has 106 valence electrons. The van der Waals surface area contributed by atoms with Gasteiger partial charge in [-0.2, -0.15) is 4.98 Å². The lowest BCUT2D eigenvalue weighted by Gasteiger charge is -2.19. The molecule has 0 radical (unpaired) electrons. The van der Waals surface area contributed by atoms with Crippen molar-refractivity contribution >= 4 is 11.7 Å². The number of carbonyl (C=O) groups is 1. The lowest BCUT2D eigenvalue weighted by atomic mass is 10.1. The Hall–Kier alpha value is -2.44. The van der Waals surface area contributed by atoms with E-state index in [1.165, 1.54) is 25.1 Å². The van der Waals surface area contributed by atoms with Crippen LogP contribution in [0.5, 0.6) is 0 Å². The summed E-state index contributed by atoms with van der Waals surface area (Å²) in [5.74, 6) is -0.587. The van der Waals surface area contributed by atoms with Gasteiger partial charge in [0.15, 0.2) is 5.60 Å². The quantitative estimate of drug-likeness (QED) is 0.684. The molecule has 7 heteroatoms. The van der Waals surface area contributed by atoms with E-state index in [2.05, 4.69) is 10.1 Å². The lowest BCUT2D eigenvalue weighted by molar-refractivity contribution is -0.157. The molecule has 0 saturated carbocycles. The Morgan fingerprint density at radius 3 is 2.75 bits per heavy atom. The van der Waals surface area contributed by atoms with Crippen LogP contribution in [0.3, 0.4) is 0 Å². The van der Waals surface area contributed by atoms with Crippen LogP contribution in [0.2, 0.25) is 0 Å². The molecule has 6 nitrogen and oxygen atoms in total. The van der Waals surface area contributed by atoms with Gasteiger partial charge in [-0.25, -0.2) is 4.39 Å². The number of esters is 1. The first-order valence-electron chi connectivity index (χ1n) is 5.89. The average Bonchev–Trinajstić information content (AvgIpc) is 2.81. The molecule has 2 rings (SSSR count). The maximum atomic E-state index is 13.1. The maximum Gasteiger partial charge on any atom is 0.303 e. The van der Waals surface area contributed by atoms with Gasteiger partial charge < -0.3 is 15.0 Å². The van der Waals surface area contributed by atoms with Gasteiger partial charge in [-0.05, 0) is 32.0 Å². The molecule has 0 bridgehead atoms. The zero-order valence-electron chi connectivity index (χ0n) is 11.3. The third-order valence-corrected chi connectivity index (χ3v) is 2.59. The van der Waals surface area contributed by atoms with Crippen molar-refractivity contribution in [1.82, 2.24) is 10.1 Å². The summed E-state index contributed by atoms with van der Waals surface area (Å²) < 4.78 is 23.3. The Morgan fingerprint density at radius 2 is 2.15 bits per heavy atom. The largest absolute Gasteiger partial charge is 0.450 e. The van der Waals surface area contributed by atoms with Crippen LogP contribution < -0.4 is 5.73 Å². The second kappa shape index (κ2) is 4.92. The van der Waals surface area contributed by atoms with Crippen molar-refractivity contribution in [2.45, 2.75) is 26.4 Å². The second-order valence-electron chi connectivity index (χ2n) is 4.76. The number of ether oxygens (including phenoxy) is 1. The second-order valence-corrected chi connectivity index (χ2v) is 4.76. The van der Waals surface area contributed by atoms with Crippen LogP contribution in [0.1, 0.15) is 26.7 Å². The van der Waals surface area contributed by atoms with E-state index >= 15 is 0 Å². The van der Waals surface area contributed by atoms with E-state index in [-0.39, 0.29) is 17.4 Å². The van der Waals surface area contributed by atoms with Crippen LogP contribution in [0.15, 0.2) is 22.7 Å². The Morgan fingerprint density at radius 1 is 1.45 bits per heavy atom. The van der Waals surface area contributed by atoms with Gasteiger partial charge in [0.1, 0.15) is 5.82 Å². The predicted molar refractivity (Wildman–Crippen MR) is 68.9 cm³/mol. The predicted octanol–water partition coefficient (Wildman–Crippen LogP) is 2.26. The first-order valence-corrected chi connectivity index (χ1v) is 5.89. The van der Waals surface area contributed by atoms with Crippen molar-refractivity contribution in [2.75, 3.05) is 5.73 Å². The summed E-state index contributed by atoms with van der Waals surface area (Å²) in [4.78, 5) is 15.2. The van der Waals surface area contributed by atoms with Gasteiger partial charge in [-0.15, -0.1) is 0 Å². The molecule has 0 saturated heterocycles. The van der Waals surface area contributed by atoms with Crippen LogP contribution in [0.4, 0.5) is 10.1 Å². The minimum atomic E-state index is -1.04. The highest BCUT2D eigenvalue weighted by atomic mass is 19.1. The summed E-state index contributed by atoms with van der Waals surface area (Å²) in [6, 6.07) is 4.11. The number of hydrogen-bond acceptors (Lipinski definition) is 6. The van der Waals surface area contributed by atoms with E-state index in [1.54, 1.807) is 13.8 Å². The van der Waals surface area contributed by atoms with Crippen LogP contribution in [0.25, 0.3) is 11.4 Å². The van der Waals surface area contributed by atoms with E-state index in [0.29, 0.717) is 5.56 Å². The minimum absolute atomic E-state index is 0.00639. The molecule has 0 fully saturated rings. The van der Waals surface area contributed by atoms with Crippen LogP contribution in [-0.4, -0.2) is 16.1 Å². The molecule has 1 aromatic carbocycles. The number of nitrogens with zero attached hydrogens (tertiary/aromatic N) is 2. The molecule has 0 aliphatic rings. The summed E-state index contributed by atoms with van der Waals surface area (Å²) in [7, 11) is 0. The normalized spacial score (nSPS) is 11.4. The number of anilines is 1. The SMILES string of the molecule is CC(=O)OC(C)(C)c1nc(-c2ccc(F)c(N)c2)no1. The van der Waals surface area contributed by atoms with Gasteiger partial charge in [0.25, 0.3) is 5.89 Å². The molecule has 1 heterocycles. The van der Waals surface area contributed by atoms with E-state index in [1.807, 2.05) is 0 Å².